The molecular formula is C44H26N4. The maximum atomic E-state index is 10.5. The van der Waals surface area contributed by atoms with E-state index in [1.54, 1.807) is 12.1 Å². The molecule has 9 aromatic rings. The van der Waals surface area contributed by atoms with Gasteiger partial charge in [0.2, 0.25) is 5.69 Å². The van der Waals surface area contributed by atoms with Crippen LogP contribution in [0.4, 0.5) is 5.69 Å². The van der Waals surface area contributed by atoms with Gasteiger partial charge in [0.1, 0.15) is 0 Å². The van der Waals surface area contributed by atoms with E-state index in [0.29, 0.717) is 11.3 Å². The summed E-state index contributed by atoms with van der Waals surface area (Å²) >= 11 is 0. The fraction of sp³-hybridized carbons (Fsp3) is 0. The number of aromatic nitrogens is 2. The summed E-state index contributed by atoms with van der Waals surface area (Å²) in [7, 11) is 0. The van der Waals surface area contributed by atoms with Crippen molar-refractivity contribution in [3.63, 3.8) is 0 Å². The summed E-state index contributed by atoms with van der Waals surface area (Å²) in [6.45, 7) is 8.24. The Hall–Kier alpha value is -6.88. The molecule has 0 radical (unpaired) electrons. The lowest BCUT2D eigenvalue weighted by atomic mass is 9.90. The smallest absolute Gasteiger partial charge is 0.211 e. The van der Waals surface area contributed by atoms with E-state index in [1.807, 2.05) is 36.4 Å². The van der Waals surface area contributed by atoms with E-state index in [2.05, 4.69) is 129 Å². The molecule has 0 spiro atoms. The minimum atomic E-state index is 0.493. The molecule has 0 aliphatic carbocycles. The summed E-state index contributed by atoms with van der Waals surface area (Å²) in [5.41, 5.74) is 10.8. The predicted octanol–water partition coefficient (Wildman–Crippen LogP) is 11.6. The lowest BCUT2D eigenvalue weighted by molar-refractivity contribution is 1.18. The number of benzene rings is 7. The van der Waals surface area contributed by atoms with Crippen molar-refractivity contribution in [2.24, 2.45) is 0 Å². The van der Waals surface area contributed by atoms with Gasteiger partial charge in [-0.25, -0.2) is 4.85 Å². The largest absolute Gasteiger partial charge is 0.318 e. The number of para-hydroxylation sites is 4. The van der Waals surface area contributed by atoms with Gasteiger partial charge in [-0.15, -0.1) is 0 Å². The van der Waals surface area contributed by atoms with E-state index < -0.39 is 0 Å². The molecule has 0 saturated carbocycles. The van der Waals surface area contributed by atoms with E-state index in [0.717, 1.165) is 66.5 Å². The van der Waals surface area contributed by atoms with Crippen molar-refractivity contribution >= 4 is 49.3 Å². The summed E-state index contributed by atoms with van der Waals surface area (Å²) in [6.07, 6.45) is 0. The number of nitriles is 1. The molecule has 0 aliphatic rings. The molecule has 7 aromatic carbocycles. The first-order chi connectivity index (χ1) is 23.8. The van der Waals surface area contributed by atoms with Gasteiger partial charge >= 0.3 is 0 Å². The van der Waals surface area contributed by atoms with Gasteiger partial charge in [0.05, 0.1) is 46.0 Å². The van der Waals surface area contributed by atoms with Gasteiger partial charge in [-0.05, 0) is 53.1 Å². The Morgan fingerprint density at radius 3 is 1.44 bits per heavy atom. The molecule has 0 unspecified atom stereocenters. The van der Waals surface area contributed by atoms with Crippen molar-refractivity contribution < 1.29 is 0 Å². The minimum absolute atomic E-state index is 0.493. The highest BCUT2D eigenvalue weighted by atomic mass is 15.0. The highest BCUT2D eigenvalue weighted by molar-refractivity contribution is 6.11. The molecule has 4 heteroatoms. The van der Waals surface area contributed by atoms with Gasteiger partial charge in [-0.2, -0.15) is 5.26 Å². The highest BCUT2D eigenvalue weighted by Gasteiger charge is 2.23. The molecule has 9 rings (SSSR count). The van der Waals surface area contributed by atoms with Crippen LogP contribution in [0.5, 0.6) is 0 Å². The Kier molecular flexibility index (Phi) is 6.22. The number of nitrogens with zero attached hydrogens (tertiary/aromatic N) is 4. The van der Waals surface area contributed by atoms with Crippen molar-refractivity contribution in [3.8, 4) is 39.7 Å². The molecule has 0 amide bonds. The highest BCUT2D eigenvalue weighted by Crippen LogP contribution is 2.45. The van der Waals surface area contributed by atoms with Gasteiger partial charge in [0, 0.05) is 32.8 Å². The molecule has 48 heavy (non-hydrogen) atoms. The Labute approximate surface area is 277 Å². The van der Waals surface area contributed by atoms with Crippen LogP contribution in [0.15, 0.2) is 158 Å². The van der Waals surface area contributed by atoms with E-state index in [4.69, 9.17) is 6.57 Å². The molecule has 2 heterocycles. The van der Waals surface area contributed by atoms with Crippen molar-refractivity contribution in [2.75, 3.05) is 0 Å². The molecule has 222 valence electrons. The van der Waals surface area contributed by atoms with Crippen LogP contribution < -0.4 is 0 Å². The normalized spacial score (nSPS) is 11.3. The number of rotatable bonds is 4. The summed E-state index contributed by atoms with van der Waals surface area (Å²) in [6, 6.07) is 56.5. The molecule has 0 atom stereocenters. The number of hydrogen-bond acceptors (Lipinski definition) is 1. The topological polar surface area (TPSA) is 38.0 Å². The molecular weight excluding hydrogens is 585 g/mol. The zero-order valence-electron chi connectivity index (χ0n) is 25.8. The molecule has 0 fully saturated rings. The third-order valence-corrected chi connectivity index (χ3v) is 9.41. The maximum Gasteiger partial charge on any atom is 0.211 e. The van der Waals surface area contributed by atoms with Crippen LogP contribution in [-0.4, -0.2) is 9.13 Å². The van der Waals surface area contributed by atoms with Gasteiger partial charge in [0.15, 0.2) is 0 Å². The van der Waals surface area contributed by atoms with Crippen LogP contribution in [0.1, 0.15) is 5.56 Å². The fourth-order valence-corrected chi connectivity index (χ4v) is 7.37. The van der Waals surface area contributed by atoms with E-state index in [9.17, 15) is 5.26 Å². The van der Waals surface area contributed by atoms with Crippen LogP contribution in [0.3, 0.4) is 0 Å². The quantitative estimate of drug-likeness (QED) is 0.183. The van der Waals surface area contributed by atoms with Crippen LogP contribution in [0.2, 0.25) is 0 Å². The summed E-state index contributed by atoms with van der Waals surface area (Å²) in [4.78, 5) is 4.01. The SMILES string of the molecule is [C-]#[N+]c1ccc(C#N)c(-c2ccccc2-c2ccc(-n3c4ccccc4c4ccccc43)cc2)c1-n1c2ccccc2c2ccccc21. The molecule has 0 saturated heterocycles. The van der Waals surface area contributed by atoms with Crippen molar-refractivity contribution in [1.82, 2.24) is 9.13 Å². The molecule has 0 bridgehead atoms. The maximum absolute atomic E-state index is 10.5. The Morgan fingerprint density at radius 2 is 0.938 bits per heavy atom. The zero-order valence-corrected chi connectivity index (χ0v) is 25.8. The van der Waals surface area contributed by atoms with Crippen molar-refractivity contribution in [2.45, 2.75) is 0 Å². The predicted molar refractivity (Wildman–Crippen MR) is 197 cm³/mol. The lowest BCUT2D eigenvalue weighted by Crippen LogP contribution is -2.01. The Bertz CT molecular complexity index is 2690. The summed E-state index contributed by atoms with van der Waals surface area (Å²) < 4.78 is 4.48. The lowest BCUT2D eigenvalue weighted by Gasteiger charge is -2.20. The second-order valence-corrected chi connectivity index (χ2v) is 11.9. The first kappa shape index (κ1) is 27.4. The first-order valence-corrected chi connectivity index (χ1v) is 15.9. The van der Waals surface area contributed by atoms with Gasteiger partial charge in [-0.1, -0.05) is 121 Å². The number of hydrogen-bond donors (Lipinski definition) is 0. The van der Waals surface area contributed by atoms with Crippen LogP contribution >= 0.6 is 0 Å². The van der Waals surface area contributed by atoms with Crippen molar-refractivity contribution in [3.05, 3.63) is 175 Å². The molecule has 0 N–H and O–H groups in total. The minimum Gasteiger partial charge on any atom is -0.318 e. The van der Waals surface area contributed by atoms with E-state index in [1.165, 1.54) is 10.8 Å². The van der Waals surface area contributed by atoms with Gasteiger partial charge in [-0.3, -0.25) is 0 Å². The van der Waals surface area contributed by atoms with E-state index in [-0.39, 0.29) is 0 Å². The average Bonchev–Trinajstić information content (AvgIpc) is 3.67. The standard InChI is InChI=1S/C44H26N4/c1-46-38-27-24-30(28-45)43(44(38)48-41-20-10-6-15-35(41)36-16-7-11-21-42(36)48)37-17-3-2-12-32(37)29-22-25-31(26-23-29)47-39-18-8-4-13-33(39)34-14-5-9-19-40(34)47/h2-27H. The van der Waals surface area contributed by atoms with Gasteiger partial charge in [0.25, 0.3) is 0 Å². The third-order valence-electron chi connectivity index (χ3n) is 9.41. The zero-order chi connectivity index (χ0) is 32.2. The second kappa shape index (κ2) is 10.9. The number of fused-ring (bicyclic) bond motifs is 6. The fourth-order valence-electron chi connectivity index (χ4n) is 7.37. The Morgan fingerprint density at radius 1 is 0.479 bits per heavy atom. The molecule has 0 aliphatic heterocycles. The average molecular weight is 611 g/mol. The molecule has 2 aromatic heterocycles. The molecule has 4 nitrogen and oxygen atoms in total. The van der Waals surface area contributed by atoms with Crippen LogP contribution in [0, 0.1) is 17.9 Å². The van der Waals surface area contributed by atoms with Crippen LogP contribution in [-0.2, 0) is 0 Å². The summed E-state index contributed by atoms with van der Waals surface area (Å²) in [5.74, 6) is 0. The summed E-state index contributed by atoms with van der Waals surface area (Å²) in [5, 5.41) is 15.2. The Balaban J connectivity index is 1.28. The second-order valence-electron chi connectivity index (χ2n) is 11.9. The van der Waals surface area contributed by atoms with E-state index >= 15 is 0 Å². The van der Waals surface area contributed by atoms with Crippen molar-refractivity contribution in [1.29, 1.82) is 5.26 Å². The van der Waals surface area contributed by atoms with Gasteiger partial charge < -0.3 is 9.13 Å². The first-order valence-electron chi connectivity index (χ1n) is 15.9. The third kappa shape index (κ3) is 4.01. The monoisotopic (exact) mass is 610 g/mol. The van der Waals surface area contributed by atoms with Crippen LogP contribution in [0.25, 0.3) is 82.1 Å².